The average Bonchev–Trinajstić information content (AvgIpc) is 2.95. The summed E-state index contributed by atoms with van der Waals surface area (Å²) in [5.41, 5.74) is 5.60. The standard InChI is InChI=1S/C22H14O4/c23-21(24)14-6-8-16-17-9-7-15(22(25)26)12-20(17)18(19(16)11-14)10-13-4-2-1-3-5-13/h1-12H,(H,23,24)(H,25,26). The Morgan fingerprint density at radius 1 is 0.654 bits per heavy atom. The molecule has 2 N–H and O–H groups in total. The normalized spacial score (nSPS) is 11.6. The molecule has 0 spiro atoms. The van der Waals surface area contributed by atoms with Crippen molar-refractivity contribution in [3.8, 4) is 11.1 Å². The number of hydrogen-bond acceptors (Lipinski definition) is 2. The zero-order valence-corrected chi connectivity index (χ0v) is 13.6. The highest BCUT2D eigenvalue weighted by atomic mass is 16.4. The fourth-order valence-electron chi connectivity index (χ4n) is 3.29. The van der Waals surface area contributed by atoms with Crippen LogP contribution in [0.1, 0.15) is 37.4 Å². The lowest BCUT2D eigenvalue weighted by Gasteiger charge is -2.05. The van der Waals surface area contributed by atoms with Crippen molar-refractivity contribution in [3.05, 3.63) is 94.5 Å². The van der Waals surface area contributed by atoms with Gasteiger partial charge in [0.05, 0.1) is 11.1 Å². The number of carboxylic acid groups (broad SMARTS) is 2. The van der Waals surface area contributed by atoms with Crippen LogP contribution in [-0.4, -0.2) is 22.2 Å². The predicted molar refractivity (Wildman–Crippen MR) is 99.2 cm³/mol. The van der Waals surface area contributed by atoms with Gasteiger partial charge in [0.1, 0.15) is 0 Å². The van der Waals surface area contributed by atoms with Crippen LogP contribution in [0, 0.1) is 0 Å². The Hall–Kier alpha value is -3.66. The average molecular weight is 342 g/mol. The molecule has 0 atom stereocenters. The molecule has 3 aromatic rings. The molecule has 4 nitrogen and oxygen atoms in total. The third kappa shape index (κ3) is 2.58. The van der Waals surface area contributed by atoms with Crippen molar-refractivity contribution in [3.63, 3.8) is 0 Å². The van der Waals surface area contributed by atoms with Gasteiger partial charge < -0.3 is 10.2 Å². The molecule has 0 aromatic heterocycles. The highest BCUT2D eigenvalue weighted by Gasteiger charge is 2.25. The second-order valence-electron chi connectivity index (χ2n) is 6.10. The van der Waals surface area contributed by atoms with Crippen LogP contribution < -0.4 is 0 Å². The molecule has 4 rings (SSSR count). The van der Waals surface area contributed by atoms with E-state index in [0.717, 1.165) is 33.4 Å². The number of hydrogen-bond donors (Lipinski definition) is 2. The first-order valence-electron chi connectivity index (χ1n) is 8.07. The number of carboxylic acids is 2. The summed E-state index contributed by atoms with van der Waals surface area (Å²) < 4.78 is 0. The van der Waals surface area contributed by atoms with Crippen LogP contribution in [-0.2, 0) is 0 Å². The molecule has 126 valence electrons. The van der Waals surface area contributed by atoms with E-state index < -0.39 is 11.9 Å². The Balaban J connectivity index is 1.99. The number of aromatic carboxylic acids is 2. The smallest absolute Gasteiger partial charge is 0.335 e. The minimum Gasteiger partial charge on any atom is -0.478 e. The van der Waals surface area contributed by atoms with Gasteiger partial charge in [0.25, 0.3) is 0 Å². The Bertz CT molecular complexity index is 1010. The molecular formula is C22H14O4. The van der Waals surface area contributed by atoms with Gasteiger partial charge in [-0.15, -0.1) is 0 Å². The summed E-state index contributed by atoms with van der Waals surface area (Å²) in [4.78, 5) is 22.8. The number of fused-ring (bicyclic) bond motifs is 3. The lowest BCUT2D eigenvalue weighted by Crippen LogP contribution is -1.97. The Labute approximate surface area is 149 Å². The topological polar surface area (TPSA) is 74.6 Å². The van der Waals surface area contributed by atoms with Gasteiger partial charge >= 0.3 is 11.9 Å². The minimum atomic E-state index is -0.992. The molecule has 0 heterocycles. The van der Waals surface area contributed by atoms with E-state index >= 15 is 0 Å². The number of benzene rings is 3. The van der Waals surface area contributed by atoms with Gasteiger partial charge in [-0.25, -0.2) is 9.59 Å². The Morgan fingerprint density at radius 2 is 1.15 bits per heavy atom. The minimum absolute atomic E-state index is 0.203. The third-order valence-electron chi connectivity index (χ3n) is 4.51. The van der Waals surface area contributed by atoms with Gasteiger partial charge in [-0.2, -0.15) is 0 Å². The van der Waals surface area contributed by atoms with Crippen molar-refractivity contribution < 1.29 is 19.8 Å². The molecule has 0 radical (unpaired) electrons. The predicted octanol–water partition coefficient (Wildman–Crippen LogP) is 4.65. The first-order valence-corrected chi connectivity index (χ1v) is 8.07. The van der Waals surface area contributed by atoms with E-state index in [9.17, 15) is 19.8 Å². The van der Waals surface area contributed by atoms with Gasteiger partial charge in [0, 0.05) is 0 Å². The maximum atomic E-state index is 11.4. The van der Waals surface area contributed by atoms with Gasteiger partial charge in [0.15, 0.2) is 0 Å². The third-order valence-corrected chi connectivity index (χ3v) is 4.51. The zero-order chi connectivity index (χ0) is 18.3. The van der Waals surface area contributed by atoms with E-state index in [2.05, 4.69) is 0 Å². The molecule has 0 saturated heterocycles. The van der Waals surface area contributed by atoms with Crippen LogP contribution in [0.15, 0.2) is 66.7 Å². The summed E-state index contributed by atoms with van der Waals surface area (Å²) in [6.45, 7) is 0. The van der Waals surface area contributed by atoms with Crippen molar-refractivity contribution in [1.29, 1.82) is 0 Å². The van der Waals surface area contributed by atoms with E-state index in [-0.39, 0.29) is 11.1 Å². The van der Waals surface area contributed by atoms with Gasteiger partial charge in [0.2, 0.25) is 0 Å². The van der Waals surface area contributed by atoms with E-state index in [4.69, 9.17) is 0 Å². The van der Waals surface area contributed by atoms with E-state index in [1.165, 1.54) is 0 Å². The molecule has 0 bridgehead atoms. The van der Waals surface area contributed by atoms with Crippen molar-refractivity contribution in [2.24, 2.45) is 0 Å². The van der Waals surface area contributed by atoms with Crippen molar-refractivity contribution in [2.75, 3.05) is 0 Å². The molecule has 0 amide bonds. The van der Waals surface area contributed by atoms with Gasteiger partial charge in [-0.3, -0.25) is 0 Å². The Morgan fingerprint density at radius 3 is 1.62 bits per heavy atom. The lowest BCUT2D eigenvalue weighted by molar-refractivity contribution is 0.0686. The summed E-state index contributed by atoms with van der Waals surface area (Å²) >= 11 is 0. The monoisotopic (exact) mass is 342 g/mol. The molecule has 4 heteroatoms. The number of rotatable bonds is 3. The maximum Gasteiger partial charge on any atom is 0.335 e. The van der Waals surface area contributed by atoms with Crippen LogP contribution in [0.3, 0.4) is 0 Å². The second kappa shape index (κ2) is 6.01. The van der Waals surface area contributed by atoms with Crippen LogP contribution in [0.5, 0.6) is 0 Å². The van der Waals surface area contributed by atoms with E-state index in [1.807, 2.05) is 36.4 Å². The molecule has 0 aliphatic heterocycles. The molecule has 26 heavy (non-hydrogen) atoms. The highest BCUT2D eigenvalue weighted by molar-refractivity contribution is 6.09. The van der Waals surface area contributed by atoms with Crippen LogP contribution >= 0.6 is 0 Å². The number of carbonyl (C=O) groups is 2. The van der Waals surface area contributed by atoms with Crippen molar-refractivity contribution in [2.45, 2.75) is 0 Å². The molecule has 3 aromatic carbocycles. The first kappa shape index (κ1) is 15.8. The maximum absolute atomic E-state index is 11.4. The molecule has 0 unspecified atom stereocenters. The fraction of sp³-hybridized carbons (Fsp3) is 0. The fourth-order valence-corrected chi connectivity index (χ4v) is 3.29. The second-order valence-corrected chi connectivity index (χ2v) is 6.10. The van der Waals surface area contributed by atoms with E-state index in [1.54, 1.807) is 36.4 Å². The summed E-state index contributed by atoms with van der Waals surface area (Å²) in [6.07, 6.45) is 1.96. The molecule has 1 aliphatic carbocycles. The van der Waals surface area contributed by atoms with E-state index in [0.29, 0.717) is 0 Å². The zero-order valence-electron chi connectivity index (χ0n) is 13.6. The van der Waals surface area contributed by atoms with Crippen LogP contribution in [0.25, 0.3) is 22.8 Å². The van der Waals surface area contributed by atoms with Gasteiger partial charge in [-0.1, -0.05) is 42.5 Å². The van der Waals surface area contributed by atoms with Gasteiger partial charge in [-0.05, 0) is 63.7 Å². The van der Waals surface area contributed by atoms with Crippen molar-refractivity contribution in [1.82, 2.24) is 0 Å². The Kier molecular flexibility index (Phi) is 3.66. The van der Waals surface area contributed by atoms with Crippen molar-refractivity contribution >= 4 is 23.6 Å². The SMILES string of the molecule is O=C(O)c1ccc2c(c1)C(=Cc1ccccc1)c1cc(C(=O)O)ccc1-2. The summed E-state index contributed by atoms with van der Waals surface area (Å²) in [6, 6.07) is 19.7. The molecular weight excluding hydrogens is 328 g/mol. The molecule has 0 fully saturated rings. The van der Waals surface area contributed by atoms with Crippen LogP contribution in [0.4, 0.5) is 0 Å². The largest absolute Gasteiger partial charge is 0.478 e. The lowest BCUT2D eigenvalue weighted by atomic mass is 9.98. The van der Waals surface area contributed by atoms with Crippen LogP contribution in [0.2, 0.25) is 0 Å². The highest BCUT2D eigenvalue weighted by Crippen LogP contribution is 2.45. The first-order chi connectivity index (χ1) is 12.5. The summed E-state index contributed by atoms with van der Waals surface area (Å²) in [5, 5.41) is 18.7. The quantitative estimate of drug-likeness (QED) is 0.568. The molecule has 1 aliphatic rings. The summed E-state index contributed by atoms with van der Waals surface area (Å²) in [7, 11) is 0. The summed E-state index contributed by atoms with van der Waals surface area (Å²) in [5.74, 6) is -1.98. The molecule has 0 saturated carbocycles.